The minimum Gasteiger partial charge on any atom is -0.396 e. The largest absolute Gasteiger partial charge is 0.452 e. The highest BCUT2D eigenvalue weighted by Gasteiger charge is 2.36. The van der Waals surface area contributed by atoms with E-state index in [1.807, 2.05) is 0 Å². The first-order valence-electron chi connectivity index (χ1n) is 6.21. The molecule has 1 aliphatic rings. The van der Waals surface area contributed by atoms with Gasteiger partial charge in [-0.05, 0) is 12.8 Å². The molecule has 1 fully saturated rings. The lowest BCUT2D eigenvalue weighted by molar-refractivity contribution is -0.144. The second-order valence-corrected chi connectivity index (χ2v) is 5.75. The van der Waals surface area contributed by atoms with Gasteiger partial charge in [0.05, 0.1) is 6.61 Å². The van der Waals surface area contributed by atoms with Crippen LogP contribution < -0.4 is 5.32 Å². The molecular formula is C11H16F3N3OS. The van der Waals surface area contributed by atoms with Gasteiger partial charge in [0.15, 0.2) is 0 Å². The summed E-state index contributed by atoms with van der Waals surface area (Å²) in [5, 5.41) is 12.5. The lowest BCUT2D eigenvalue weighted by Gasteiger charge is -2.35. The number of aliphatic hydroxyl groups is 1. The van der Waals surface area contributed by atoms with Crippen molar-refractivity contribution in [2.45, 2.75) is 38.3 Å². The zero-order valence-corrected chi connectivity index (χ0v) is 11.2. The van der Waals surface area contributed by atoms with E-state index in [9.17, 15) is 18.3 Å². The molecule has 1 saturated carbocycles. The summed E-state index contributed by atoms with van der Waals surface area (Å²) in [6.07, 6.45) is 0.524. The number of rotatable bonds is 4. The molecule has 19 heavy (non-hydrogen) atoms. The van der Waals surface area contributed by atoms with Crippen molar-refractivity contribution in [1.29, 1.82) is 0 Å². The quantitative estimate of drug-likeness (QED) is 0.896. The van der Waals surface area contributed by atoms with Crippen molar-refractivity contribution in [2.24, 2.45) is 5.41 Å². The van der Waals surface area contributed by atoms with Crippen LogP contribution in [0.3, 0.4) is 0 Å². The highest BCUT2D eigenvalue weighted by molar-refractivity contribution is 7.09. The standard InChI is InChI=1S/C11H16F3N3OS/c12-11(13,14)8-16-9(19-17-8)15-6-10(7-18)4-2-1-3-5-10/h18H,1-7H2,(H,15,16,17). The Labute approximate surface area is 113 Å². The molecule has 4 nitrogen and oxygen atoms in total. The third kappa shape index (κ3) is 3.56. The number of alkyl halides is 3. The van der Waals surface area contributed by atoms with Gasteiger partial charge in [-0.1, -0.05) is 19.3 Å². The van der Waals surface area contributed by atoms with Crippen LogP contribution in [0, 0.1) is 5.41 Å². The van der Waals surface area contributed by atoms with Crippen LogP contribution in [0.25, 0.3) is 0 Å². The average molecular weight is 295 g/mol. The molecule has 108 valence electrons. The summed E-state index contributed by atoms with van der Waals surface area (Å²) in [5.74, 6) is -1.11. The van der Waals surface area contributed by atoms with Crippen LogP contribution in [0.5, 0.6) is 0 Å². The van der Waals surface area contributed by atoms with Crippen LogP contribution in [-0.4, -0.2) is 27.6 Å². The van der Waals surface area contributed by atoms with Gasteiger partial charge in [0.2, 0.25) is 11.0 Å². The Kier molecular flexibility index (Phi) is 4.29. The summed E-state index contributed by atoms with van der Waals surface area (Å²) in [6, 6.07) is 0. The third-order valence-corrected chi connectivity index (χ3v) is 4.22. The Bertz CT molecular complexity index is 416. The molecule has 0 bridgehead atoms. The van der Waals surface area contributed by atoms with E-state index in [0.717, 1.165) is 32.1 Å². The molecule has 0 amide bonds. The molecule has 0 unspecified atom stereocenters. The Morgan fingerprint density at radius 3 is 2.47 bits per heavy atom. The van der Waals surface area contributed by atoms with Crippen molar-refractivity contribution in [2.75, 3.05) is 18.5 Å². The fourth-order valence-electron chi connectivity index (χ4n) is 2.37. The van der Waals surface area contributed by atoms with Gasteiger partial charge in [0.25, 0.3) is 0 Å². The van der Waals surface area contributed by atoms with E-state index in [1.165, 1.54) is 0 Å². The molecule has 1 heterocycles. The maximum atomic E-state index is 12.4. The molecule has 2 N–H and O–H groups in total. The highest BCUT2D eigenvalue weighted by atomic mass is 32.1. The number of aromatic nitrogens is 2. The van der Waals surface area contributed by atoms with Gasteiger partial charge in [-0.15, -0.1) is 0 Å². The minimum absolute atomic E-state index is 0.0466. The van der Waals surface area contributed by atoms with Crippen LogP contribution in [0.4, 0.5) is 18.3 Å². The SMILES string of the molecule is OCC1(CNc2nc(C(F)(F)F)ns2)CCCCC1. The first-order valence-corrected chi connectivity index (χ1v) is 6.98. The smallest absolute Gasteiger partial charge is 0.396 e. The Morgan fingerprint density at radius 1 is 1.26 bits per heavy atom. The second-order valence-electron chi connectivity index (χ2n) is 4.99. The van der Waals surface area contributed by atoms with Gasteiger partial charge in [0.1, 0.15) is 0 Å². The normalized spacial score (nSPS) is 19.4. The fourth-order valence-corrected chi connectivity index (χ4v) is 2.95. The van der Waals surface area contributed by atoms with Crippen LogP contribution in [0.1, 0.15) is 37.9 Å². The van der Waals surface area contributed by atoms with E-state index in [0.29, 0.717) is 18.1 Å². The molecule has 0 aliphatic heterocycles. The number of aliphatic hydroxyl groups excluding tert-OH is 1. The van der Waals surface area contributed by atoms with Crippen molar-refractivity contribution in [3.63, 3.8) is 0 Å². The maximum absolute atomic E-state index is 12.4. The highest BCUT2D eigenvalue weighted by Crippen LogP contribution is 2.36. The molecule has 1 aromatic heterocycles. The van der Waals surface area contributed by atoms with Crippen molar-refractivity contribution < 1.29 is 18.3 Å². The summed E-state index contributed by atoms with van der Waals surface area (Å²) in [5.41, 5.74) is -0.234. The second kappa shape index (κ2) is 5.62. The van der Waals surface area contributed by atoms with Crippen LogP contribution in [-0.2, 0) is 6.18 Å². The van der Waals surface area contributed by atoms with Gasteiger partial charge in [-0.3, -0.25) is 0 Å². The molecule has 1 aromatic rings. The fraction of sp³-hybridized carbons (Fsp3) is 0.818. The van der Waals surface area contributed by atoms with E-state index in [2.05, 4.69) is 14.7 Å². The van der Waals surface area contributed by atoms with E-state index in [4.69, 9.17) is 0 Å². The summed E-state index contributed by atoms with van der Waals surface area (Å²) in [6.45, 7) is 0.487. The van der Waals surface area contributed by atoms with Gasteiger partial charge < -0.3 is 10.4 Å². The summed E-state index contributed by atoms with van der Waals surface area (Å²) in [7, 11) is 0. The predicted molar refractivity (Wildman–Crippen MR) is 66.0 cm³/mol. The van der Waals surface area contributed by atoms with Crippen LogP contribution >= 0.6 is 11.5 Å². The van der Waals surface area contributed by atoms with Crippen molar-refractivity contribution >= 4 is 16.7 Å². The van der Waals surface area contributed by atoms with Crippen molar-refractivity contribution in [3.05, 3.63) is 5.82 Å². The first kappa shape index (κ1) is 14.5. The van der Waals surface area contributed by atoms with Gasteiger partial charge in [0, 0.05) is 23.5 Å². The summed E-state index contributed by atoms with van der Waals surface area (Å²) in [4.78, 5) is 3.42. The molecule has 0 aromatic carbocycles. The van der Waals surface area contributed by atoms with Gasteiger partial charge >= 0.3 is 6.18 Å². The molecular weight excluding hydrogens is 279 g/mol. The molecule has 1 aliphatic carbocycles. The Balaban J connectivity index is 1.96. The molecule has 0 saturated heterocycles. The number of anilines is 1. The Morgan fingerprint density at radius 2 is 1.95 bits per heavy atom. The zero-order chi connectivity index (χ0) is 13.9. The lowest BCUT2D eigenvalue weighted by atomic mass is 9.74. The molecule has 0 spiro atoms. The van der Waals surface area contributed by atoms with Crippen LogP contribution in [0.2, 0.25) is 0 Å². The monoisotopic (exact) mass is 295 g/mol. The molecule has 0 atom stereocenters. The molecule has 2 rings (SSSR count). The third-order valence-electron chi connectivity index (χ3n) is 3.54. The summed E-state index contributed by atoms with van der Waals surface area (Å²) >= 11 is 0.700. The molecule has 8 heteroatoms. The average Bonchev–Trinajstić information content (AvgIpc) is 2.86. The minimum atomic E-state index is -4.50. The first-order chi connectivity index (χ1) is 8.95. The number of hydrogen-bond donors (Lipinski definition) is 2. The van der Waals surface area contributed by atoms with E-state index < -0.39 is 12.0 Å². The topological polar surface area (TPSA) is 58.0 Å². The molecule has 0 radical (unpaired) electrons. The van der Waals surface area contributed by atoms with Crippen molar-refractivity contribution in [3.8, 4) is 0 Å². The zero-order valence-electron chi connectivity index (χ0n) is 10.3. The Hall–Kier alpha value is -0.890. The number of hydrogen-bond acceptors (Lipinski definition) is 5. The van der Waals surface area contributed by atoms with Gasteiger partial charge in [-0.2, -0.15) is 22.5 Å². The van der Waals surface area contributed by atoms with E-state index >= 15 is 0 Å². The number of halogens is 3. The van der Waals surface area contributed by atoms with Crippen molar-refractivity contribution in [1.82, 2.24) is 9.36 Å². The maximum Gasteiger partial charge on any atom is 0.452 e. The number of nitrogens with one attached hydrogen (secondary N) is 1. The predicted octanol–water partition coefficient (Wildman–Crippen LogP) is 2.91. The number of nitrogens with zero attached hydrogens (tertiary/aromatic N) is 2. The van der Waals surface area contributed by atoms with E-state index in [-0.39, 0.29) is 17.2 Å². The lowest BCUT2D eigenvalue weighted by Crippen LogP contribution is -2.35. The van der Waals surface area contributed by atoms with Crippen LogP contribution in [0.15, 0.2) is 0 Å². The van der Waals surface area contributed by atoms with Gasteiger partial charge in [-0.25, -0.2) is 0 Å². The summed E-state index contributed by atoms with van der Waals surface area (Å²) < 4.78 is 40.3. The van der Waals surface area contributed by atoms with E-state index in [1.54, 1.807) is 0 Å².